The van der Waals surface area contributed by atoms with Crippen molar-refractivity contribution in [2.75, 3.05) is 52.5 Å². The first-order valence-corrected chi connectivity index (χ1v) is 10.7. The summed E-state index contributed by atoms with van der Waals surface area (Å²) in [6.45, 7) is 7.36. The largest absolute Gasteiger partial charge is 0.508 e. The van der Waals surface area contributed by atoms with Crippen LogP contribution >= 0.6 is 0 Å². The van der Waals surface area contributed by atoms with E-state index >= 15 is 0 Å². The van der Waals surface area contributed by atoms with Gasteiger partial charge < -0.3 is 14.2 Å². The highest BCUT2D eigenvalue weighted by atomic mass is 32.2. The molecule has 1 heterocycles. The van der Waals surface area contributed by atoms with Crippen LogP contribution in [0.25, 0.3) is 0 Å². The highest BCUT2D eigenvalue weighted by molar-refractivity contribution is 7.89. The van der Waals surface area contributed by atoms with Gasteiger partial charge in [0.15, 0.2) is 0 Å². The molecule has 0 N–H and O–H groups in total. The standard InChI is InChI=1S/C18H28N2O6S/c1-3-14-25-16-5-7-17(8-6-16)27(22,23)20-11-9-19(10-12-20)13-15-26-18(21)24-4-2/h5-8H,3-4,9-15H2,1-2H3. The van der Waals surface area contributed by atoms with Crippen LogP contribution in [0.1, 0.15) is 20.3 Å². The number of rotatable bonds is 9. The molecule has 0 atom stereocenters. The van der Waals surface area contributed by atoms with Crippen molar-refractivity contribution in [3.63, 3.8) is 0 Å². The summed E-state index contributed by atoms with van der Waals surface area (Å²) in [5.41, 5.74) is 0. The van der Waals surface area contributed by atoms with Crippen LogP contribution in [-0.4, -0.2) is 76.3 Å². The van der Waals surface area contributed by atoms with Crippen molar-refractivity contribution in [2.24, 2.45) is 0 Å². The van der Waals surface area contributed by atoms with Gasteiger partial charge in [0.25, 0.3) is 0 Å². The highest BCUT2D eigenvalue weighted by Crippen LogP contribution is 2.21. The Balaban J connectivity index is 1.82. The predicted molar refractivity (Wildman–Crippen MR) is 100 cm³/mol. The average molecular weight is 400 g/mol. The van der Waals surface area contributed by atoms with Crippen LogP contribution in [0.4, 0.5) is 4.79 Å². The van der Waals surface area contributed by atoms with Crippen molar-refractivity contribution < 1.29 is 27.4 Å². The first kappa shape index (κ1) is 21.5. The van der Waals surface area contributed by atoms with Gasteiger partial charge in [0.05, 0.1) is 18.1 Å². The number of benzene rings is 1. The third-order valence-electron chi connectivity index (χ3n) is 4.16. The molecule has 8 nitrogen and oxygen atoms in total. The second-order valence-electron chi connectivity index (χ2n) is 6.10. The van der Waals surface area contributed by atoms with Gasteiger partial charge in [-0.05, 0) is 37.6 Å². The number of ether oxygens (including phenoxy) is 3. The first-order valence-electron chi connectivity index (χ1n) is 9.22. The Hall–Kier alpha value is -1.84. The van der Waals surface area contributed by atoms with E-state index in [1.165, 1.54) is 4.31 Å². The zero-order valence-electron chi connectivity index (χ0n) is 15.9. The van der Waals surface area contributed by atoms with Gasteiger partial charge in [-0.2, -0.15) is 4.31 Å². The molecular weight excluding hydrogens is 372 g/mol. The molecule has 9 heteroatoms. The molecule has 2 rings (SSSR count). The molecule has 0 spiro atoms. The van der Waals surface area contributed by atoms with Crippen LogP contribution < -0.4 is 4.74 Å². The molecule has 1 saturated heterocycles. The van der Waals surface area contributed by atoms with Crippen molar-refractivity contribution in [1.82, 2.24) is 9.21 Å². The van der Waals surface area contributed by atoms with Crippen LogP contribution in [0, 0.1) is 0 Å². The number of nitrogens with zero attached hydrogens (tertiary/aromatic N) is 2. The monoisotopic (exact) mass is 400 g/mol. The summed E-state index contributed by atoms with van der Waals surface area (Å²) in [6, 6.07) is 6.54. The average Bonchev–Trinajstić information content (AvgIpc) is 2.67. The fraction of sp³-hybridized carbons (Fsp3) is 0.611. The van der Waals surface area contributed by atoms with Crippen LogP contribution in [-0.2, 0) is 19.5 Å². The molecule has 1 aromatic carbocycles. The number of carbonyl (C=O) groups is 1. The fourth-order valence-corrected chi connectivity index (χ4v) is 4.11. The number of hydrogen-bond acceptors (Lipinski definition) is 7. The molecule has 0 unspecified atom stereocenters. The second-order valence-corrected chi connectivity index (χ2v) is 8.04. The van der Waals surface area contributed by atoms with Crippen molar-refractivity contribution in [2.45, 2.75) is 25.2 Å². The summed E-state index contributed by atoms with van der Waals surface area (Å²) >= 11 is 0. The minimum Gasteiger partial charge on any atom is -0.494 e. The highest BCUT2D eigenvalue weighted by Gasteiger charge is 2.28. The van der Waals surface area contributed by atoms with Crippen LogP contribution in [0.2, 0.25) is 0 Å². The Morgan fingerprint density at radius 1 is 1.00 bits per heavy atom. The number of carbonyl (C=O) groups excluding carboxylic acids is 1. The van der Waals surface area contributed by atoms with Gasteiger partial charge in [0, 0.05) is 32.7 Å². The maximum Gasteiger partial charge on any atom is 0.508 e. The summed E-state index contributed by atoms with van der Waals surface area (Å²) in [5, 5.41) is 0. The minimum absolute atomic E-state index is 0.227. The molecule has 0 bridgehead atoms. The predicted octanol–water partition coefficient (Wildman–Crippen LogP) is 1.95. The fourth-order valence-electron chi connectivity index (χ4n) is 2.69. The van der Waals surface area contributed by atoms with E-state index in [1.54, 1.807) is 31.2 Å². The Morgan fingerprint density at radius 2 is 1.67 bits per heavy atom. The molecule has 0 saturated carbocycles. The second kappa shape index (κ2) is 10.5. The van der Waals surface area contributed by atoms with Gasteiger partial charge in [0.2, 0.25) is 10.0 Å². The summed E-state index contributed by atoms with van der Waals surface area (Å²) in [5.74, 6) is 0.669. The molecule has 0 aromatic heterocycles. The third-order valence-corrected chi connectivity index (χ3v) is 6.07. The third kappa shape index (κ3) is 6.37. The van der Waals surface area contributed by atoms with Crippen molar-refractivity contribution in [3.8, 4) is 5.75 Å². The molecule has 1 aliphatic rings. The van der Waals surface area contributed by atoms with E-state index in [-0.39, 0.29) is 18.1 Å². The molecule has 27 heavy (non-hydrogen) atoms. The zero-order valence-corrected chi connectivity index (χ0v) is 16.7. The number of hydrogen-bond donors (Lipinski definition) is 0. The van der Waals surface area contributed by atoms with Crippen LogP contribution in [0.5, 0.6) is 5.75 Å². The van der Waals surface area contributed by atoms with Gasteiger partial charge in [-0.25, -0.2) is 13.2 Å². The van der Waals surface area contributed by atoms with Crippen molar-refractivity contribution in [3.05, 3.63) is 24.3 Å². The molecule has 0 radical (unpaired) electrons. The van der Waals surface area contributed by atoms with E-state index in [0.29, 0.717) is 45.1 Å². The lowest BCUT2D eigenvalue weighted by Gasteiger charge is -2.33. The molecule has 0 amide bonds. The zero-order chi connectivity index (χ0) is 19.7. The van der Waals surface area contributed by atoms with E-state index in [0.717, 1.165) is 6.42 Å². The number of sulfonamides is 1. The molecule has 1 fully saturated rings. The van der Waals surface area contributed by atoms with Gasteiger partial charge in [-0.3, -0.25) is 4.90 Å². The Kier molecular flexibility index (Phi) is 8.33. The topological polar surface area (TPSA) is 85.4 Å². The van der Waals surface area contributed by atoms with E-state index in [1.807, 2.05) is 6.92 Å². The van der Waals surface area contributed by atoms with Gasteiger partial charge in [-0.1, -0.05) is 6.92 Å². The maximum atomic E-state index is 12.8. The van der Waals surface area contributed by atoms with Gasteiger partial charge >= 0.3 is 6.16 Å². The lowest BCUT2D eigenvalue weighted by Crippen LogP contribution is -2.49. The Morgan fingerprint density at radius 3 is 2.26 bits per heavy atom. The summed E-state index contributed by atoms with van der Waals surface area (Å²) < 4.78 is 42.2. The molecule has 1 aliphatic heterocycles. The molecule has 0 aliphatic carbocycles. The van der Waals surface area contributed by atoms with Gasteiger partial charge in [-0.15, -0.1) is 0 Å². The van der Waals surface area contributed by atoms with Gasteiger partial charge in [0.1, 0.15) is 12.4 Å². The molecular formula is C18H28N2O6S. The Labute approximate surface area is 161 Å². The maximum absolute atomic E-state index is 12.8. The lowest BCUT2D eigenvalue weighted by molar-refractivity contribution is 0.0484. The van der Waals surface area contributed by atoms with E-state index < -0.39 is 16.2 Å². The quantitative estimate of drug-likeness (QED) is 0.586. The van der Waals surface area contributed by atoms with Crippen LogP contribution in [0.15, 0.2) is 29.2 Å². The molecule has 1 aromatic rings. The SMILES string of the molecule is CCCOc1ccc(S(=O)(=O)N2CCN(CCOC(=O)OCC)CC2)cc1. The summed E-state index contributed by atoms with van der Waals surface area (Å²) in [7, 11) is -3.52. The summed E-state index contributed by atoms with van der Waals surface area (Å²) in [4.78, 5) is 13.5. The Bertz CT molecular complexity index is 684. The van der Waals surface area contributed by atoms with E-state index in [9.17, 15) is 13.2 Å². The number of piperazine rings is 1. The first-order chi connectivity index (χ1) is 13.0. The van der Waals surface area contributed by atoms with Crippen LogP contribution in [0.3, 0.4) is 0 Å². The lowest BCUT2D eigenvalue weighted by atomic mass is 10.3. The summed E-state index contributed by atoms with van der Waals surface area (Å²) in [6.07, 6.45) is 0.222. The minimum atomic E-state index is -3.52. The van der Waals surface area contributed by atoms with E-state index in [4.69, 9.17) is 14.2 Å². The normalized spacial score (nSPS) is 16.1. The molecule has 152 valence electrons. The van der Waals surface area contributed by atoms with Crippen molar-refractivity contribution >= 4 is 16.2 Å². The smallest absolute Gasteiger partial charge is 0.494 e. The van der Waals surface area contributed by atoms with Crippen molar-refractivity contribution in [1.29, 1.82) is 0 Å². The van der Waals surface area contributed by atoms with E-state index in [2.05, 4.69) is 4.90 Å².